The SMILES string of the molecule is Cc1cc(-c2ncc3cc(C(F)(F)F)ccc3n2)ccc1N1CCOc2cnn(C/C(N)=N/N)c2C1=O. The molecular weight excluding hydrogens is 489 g/mol. The van der Waals surface area contributed by atoms with Crippen LogP contribution < -0.4 is 21.2 Å². The van der Waals surface area contributed by atoms with Gasteiger partial charge in [-0.25, -0.2) is 14.6 Å². The van der Waals surface area contributed by atoms with E-state index in [4.69, 9.17) is 16.3 Å². The third-order valence-corrected chi connectivity index (χ3v) is 5.96. The highest BCUT2D eigenvalue weighted by Crippen LogP contribution is 2.33. The molecule has 2 aromatic carbocycles. The van der Waals surface area contributed by atoms with E-state index in [1.165, 1.54) is 23.1 Å². The highest BCUT2D eigenvalue weighted by Gasteiger charge is 2.31. The van der Waals surface area contributed by atoms with Crippen molar-refractivity contribution in [3.8, 4) is 17.1 Å². The number of carbonyl (C=O) groups excluding carboxylic acids is 1. The number of aromatic nitrogens is 4. The Labute approximate surface area is 208 Å². The summed E-state index contributed by atoms with van der Waals surface area (Å²) in [6.07, 6.45) is -1.63. The number of hydrazone groups is 1. The third kappa shape index (κ3) is 4.50. The summed E-state index contributed by atoms with van der Waals surface area (Å²) >= 11 is 0. The molecule has 4 aromatic rings. The molecule has 0 saturated carbocycles. The molecule has 190 valence electrons. The van der Waals surface area contributed by atoms with E-state index in [9.17, 15) is 18.0 Å². The zero-order chi connectivity index (χ0) is 26.3. The molecule has 13 heteroatoms. The summed E-state index contributed by atoms with van der Waals surface area (Å²) in [6.45, 7) is 2.41. The molecular formula is C24H21F3N8O2. The number of aryl methyl sites for hydroxylation is 1. The molecule has 3 heterocycles. The lowest BCUT2D eigenvalue weighted by Crippen LogP contribution is -2.35. The van der Waals surface area contributed by atoms with Crippen LogP contribution in [0.15, 0.2) is 53.9 Å². The molecule has 37 heavy (non-hydrogen) atoms. The van der Waals surface area contributed by atoms with E-state index in [1.54, 1.807) is 17.0 Å². The van der Waals surface area contributed by atoms with Crippen LogP contribution in [0.5, 0.6) is 5.75 Å². The Hall–Kier alpha value is -4.68. The van der Waals surface area contributed by atoms with Gasteiger partial charge in [0.05, 0.1) is 23.8 Å². The van der Waals surface area contributed by atoms with Crippen molar-refractivity contribution in [1.82, 2.24) is 19.7 Å². The number of hydrogen-bond acceptors (Lipinski definition) is 7. The van der Waals surface area contributed by atoms with E-state index >= 15 is 0 Å². The molecule has 0 radical (unpaired) electrons. The van der Waals surface area contributed by atoms with Crippen LogP contribution in [-0.4, -0.2) is 44.6 Å². The van der Waals surface area contributed by atoms with Crippen LogP contribution in [0.3, 0.4) is 0 Å². The average Bonchev–Trinajstić information content (AvgIpc) is 3.19. The van der Waals surface area contributed by atoms with Gasteiger partial charge in [-0.1, -0.05) is 0 Å². The van der Waals surface area contributed by atoms with Crippen molar-refractivity contribution >= 4 is 28.3 Å². The number of nitrogens with zero attached hydrogens (tertiary/aromatic N) is 6. The van der Waals surface area contributed by atoms with Gasteiger partial charge in [0.15, 0.2) is 17.3 Å². The van der Waals surface area contributed by atoms with Gasteiger partial charge in [-0.3, -0.25) is 4.79 Å². The molecule has 0 saturated heterocycles. The lowest BCUT2D eigenvalue weighted by atomic mass is 10.1. The molecule has 0 spiro atoms. The van der Waals surface area contributed by atoms with Crippen molar-refractivity contribution in [2.24, 2.45) is 16.7 Å². The lowest BCUT2D eigenvalue weighted by molar-refractivity contribution is -0.137. The molecule has 10 nitrogen and oxygen atoms in total. The van der Waals surface area contributed by atoms with Gasteiger partial charge in [-0.05, 0) is 48.9 Å². The molecule has 0 bridgehead atoms. The van der Waals surface area contributed by atoms with Crippen molar-refractivity contribution < 1.29 is 22.7 Å². The van der Waals surface area contributed by atoms with Gasteiger partial charge in [-0.15, -0.1) is 0 Å². The zero-order valence-corrected chi connectivity index (χ0v) is 19.5. The van der Waals surface area contributed by atoms with Gasteiger partial charge in [0.1, 0.15) is 19.0 Å². The van der Waals surface area contributed by atoms with Crippen LogP contribution in [0.2, 0.25) is 0 Å². The fraction of sp³-hybridized carbons (Fsp3) is 0.208. The molecule has 2 aromatic heterocycles. The molecule has 4 N–H and O–H groups in total. The largest absolute Gasteiger partial charge is 0.488 e. The minimum Gasteiger partial charge on any atom is -0.488 e. The Morgan fingerprint density at radius 3 is 2.73 bits per heavy atom. The Morgan fingerprint density at radius 2 is 2.00 bits per heavy atom. The minimum absolute atomic E-state index is 0.0243. The van der Waals surface area contributed by atoms with Crippen LogP contribution in [0.1, 0.15) is 21.6 Å². The molecule has 1 aliphatic heterocycles. The van der Waals surface area contributed by atoms with Crippen molar-refractivity contribution in [3.63, 3.8) is 0 Å². The van der Waals surface area contributed by atoms with Gasteiger partial charge in [0.25, 0.3) is 5.91 Å². The van der Waals surface area contributed by atoms with Crippen LogP contribution >= 0.6 is 0 Å². The second-order valence-corrected chi connectivity index (χ2v) is 8.41. The highest BCUT2D eigenvalue weighted by molar-refractivity contribution is 6.07. The summed E-state index contributed by atoms with van der Waals surface area (Å²) < 4.78 is 46.1. The van der Waals surface area contributed by atoms with E-state index in [-0.39, 0.29) is 36.0 Å². The minimum atomic E-state index is -4.45. The number of halogens is 3. The molecule has 0 unspecified atom stereocenters. The van der Waals surface area contributed by atoms with Gasteiger partial charge >= 0.3 is 6.18 Å². The normalized spacial score (nSPS) is 14.4. The van der Waals surface area contributed by atoms with Gasteiger partial charge in [0.2, 0.25) is 0 Å². The van der Waals surface area contributed by atoms with Crippen LogP contribution in [0.4, 0.5) is 18.9 Å². The molecule has 1 amide bonds. The first-order chi connectivity index (χ1) is 17.7. The summed E-state index contributed by atoms with van der Waals surface area (Å²) in [5, 5.41) is 7.89. The number of fused-ring (bicyclic) bond motifs is 2. The lowest BCUT2D eigenvalue weighted by Gasteiger charge is -2.23. The predicted molar refractivity (Wildman–Crippen MR) is 130 cm³/mol. The standard InChI is InChI=1S/C24H21F3N8O2/c1-13-8-14(22-30-10-15-9-16(24(25,26)27)3-4-17(15)32-22)2-5-18(13)34-6-7-37-19-11-31-35(12-20(28)33-29)21(19)23(34)36/h2-5,8-11H,6-7,12,29H2,1H3,(H2,28,33). The maximum Gasteiger partial charge on any atom is 0.416 e. The third-order valence-electron chi connectivity index (χ3n) is 5.96. The fourth-order valence-electron chi connectivity index (χ4n) is 4.16. The highest BCUT2D eigenvalue weighted by atomic mass is 19.4. The Morgan fingerprint density at radius 1 is 1.19 bits per heavy atom. The van der Waals surface area contributed by atoms with E-state index in [2.05, 4.69) is 20.2 Å². The predicted octanol–water partition coefficient (Wildman–Crippen LogP) is 3.09. The Balaban J connectivity index is 1.46. The summed E-state index contributed by atoms with van der Waals surface area (Å²) in [6, 6.07) is 8.67. The van der Waals surface area contributed by atoms with Crippen LogP contribution in [-0.2, 0) is 12.7 Å². The summed E-state index contributed by atoms with van der Waals surface area (Å²) in [5.41, 5.74) is 7.64. The monoisotopic (exact) mass is 510 g/mol. The van der Waals surface area contributed by atoms with Gasteiger partial charge < -0.3 is 21.2 Å². The number of amidine groups is 1. The van der Waals surface area contributed by atoms with Crippen LogP contribution in [0, 0.1) is 6.92 Å². The average molecular weight is 510 g/mol. The maximum atomic E-state index is 13.5. The number of carbonyl (C=O) groups is 1. The number of hydrogen-bond donors (Lipinski definition) is 2. The number of nitrogens with two attached hydrogens (primary N) is 2. The van der Waals surface area contributed by atoms with Gasteiger partial charge in [0, 0.05) is 22.8 Å². The first kappa shape index (κ1) is 24.0. The number of benzene rings is 2. The van der Waals surface area contributed by atoms with Crippen molar-refractivity contribution in [1.29, 1.82) is 0 Å². The van der Waals surface area contributed by atoms with Crippen LogP contribution in [0.25, 0.3) is 22.3 Å². The van der Waals surface area contributed by atoms with E-state index < -0.39 is 11.7 Å². The van der Waals surface area contributed by atoms with E-state index in [1.807, 2.05) is 13.0 Å². The van der Waals surface area contributed by atoms with E-state index in [0.717, 1.165) is 17.7 Å². The first-order valence-electron chi connectivity index (χ1n) is 11.1. The zero-order valence-electron chi connectivity index (χ0n) is 19.5. The fourth-order valence-corrected chi connectivity index (χ4v) is 4.16. The summed E-state index contributed by atoms with van der Waals surface area (Å²) in [4.78, 5) is 23.8. The number of amides is 1. The van der Waals surface area contributed by atoms with Gasteiger partial charge in [-0.2, -0.15) is 23.4 Å². The maximum absolute atomic E-state index is 13.5. The Bertz CT molecular complexity index is 1550. The molecule has 0 aliphatic carbocycles. The van der Waals surface area contributed by atoms with Crippen molar-refractivity contribution in [3.05, 3.63) is 65.6 Å². The smallest absolute Gasteiger partial charge is 0.416 e. The summed E-state index contributed by atoms with van der Waals surface area (Å²) in [7, 11) is 0. The number of anilines is 1. The number of ether oxygens (including phenoxy) is 1. The number of alkyl halides is 3. The molecule has 1 aliphatic rings. The molecule has 5 rings (SSSR count). The van der Waals surface area contributed by atoms with E-state index in [0.29, 0.717) is 34.9 Å². The number of rotatable bonds is 4. The first-order valence-corrected chi connectivity index (χ1v) is 11.1. The second kappa shape index (κ2) is 9.08. The van der Waals surface area contributed by atoms with Crippen molar-refractivity contribution in [2.45, 2.75) is 19.6 Å². The molecule has 0 fully saturated rings. The second-order valence-electron chi connectivity index (χ2n) is 8.41. The summed E-state index contributed by atoms with van der Waals surface area (Å²) in [5.74, 6) is 5.69. The van der Waals surface area contributed by atoms with Crippen molar-refractivity contribution in [2.75, 3.05) is 18.1 Å². The Kier molecular flexibility index (Phi) is 5.90. The molecule has 0 atom stereocenters. The quantitative estimate of drug-likeness (QED) is 0.186. The topological polar surface area (TPSA) is 138 Å².